The number of halogens is 1. The molecule has 0 saturated carbocycles. The minimum Gasteiger partial charge on any atom is -1.00 e. The third-order valence-corrected chi connectivity index (χ3v) is 5.22. The maximum atomic E-state index is 11.0. The Hall–Kier alpha value is -2.00. The molecule has 0 amide bonds. The van der Waals surface area contributed by atoms with Crippen molar-refractivity contribution in [1.29, 1.82) is 0 Å². The second-order valence-electron chi connectivity index (χ2n) is 9.35. The van der Waals surface area contributed by atoms with Gasteiger partial charge in [-0.15, -0.1) is 0 Å². The molecular formula is C23H31ClN2O. The molecule has 1 heterocycles. The molecule has 0 aliphatic carbocycles. The van der Waals surface area contributed by atoms with Crippen LogP contribution < -0.4 is 17.0 Å². The normalized spacial score (nSPS) is 12.3. The number of imidazole rings is 1. The molecule has 146 valence electrons. The van der Waals surface area contributed by atoms with Crippen LogP contribution in [0.5, 0.6) is 5.75 Å². The Kier molecular flexibility index (Phi) is 5.42. The minimum atomic E-state index is -0.136. The first-order valence-corrected chi connectivity index (χ1v) is 9.24. The van der Waals surface area contributed by atoms with Crippen molar-refractivity contribution in [3.8, 4) is 17.1 Å². The largest absolute Gasteiger partial charge is 1.00 e. The van der Waals surface area contributed by atoms with Crippen molar-refractivity contribution < 1.29 is 22.1 Å². The molecule has 3 rings (SSSR count). The summed E-state index contributed by atoms with van der Waals surface area (Å²) in [5, 5.41) is 11.0. The Morgan fingerprint density at radius 1 is 0.889 bits per heavy atom. The van der Waals surface area contributed by atoms with Crippen molar-refractivity contribution >= 4 is 11.0 Å². The number of phenols is 1. The van der Waals surface area contributed by atoms with Crippen LogP contribution in [0.25, 0.3) is 22.4 Å². The summed E-state index contributed by atoms with van der Waals surface area (Å²) in [5.41, 5.74) is 5.25. The number of fused-ring (bicyclic) bond motifs is 1. The zero-order valence-electron chi connectivity index (χ0n) is 17.7. The lowest BCUT2D eigenvalue weighted by Gasteiger charge is -2.27. The van der Waals surface area contributed by atoms with Crippen molar-refractivity contribution in [3.63, 3.8) is 0 Å². The molecule has 0 atom stereocenters. The molecule has 0 aliphatic heterocycles. The van der Waals surface area contributed by atoms with Gasteiger partial charge in [0.25, 0.3) is 5.82 Å². The summed E-state index contributed by atoms with van der Waals surface area (Å²) < 4.78 is 4.47. The summed E-state index contributed by atoms with van der Waals surface area (Å²) in [6.07, 6.45) is 0. The number of hydrogen-bond acceptors (Lipinski definition) is 1. The van der Waals surface area contributed by atoms with Crippen LogP contribution in [-0.2, 0) is 24.9 Å². The number of nitrogens with zero attached hydrogens (tertiary/aromatic N) is 2. The van der Waals surface area contributed by atoms with Gasteiger partial charge in [0, 0.05) is 11.1 Å². The summed E-state index contributed by atoms with van der Waals surface area (Å²) in [4.78, 5) is 0. The quantitative estimate of drug-likeness (QED) is 0.636. The zero-order chi connectivity index (χ0) is 19.4. The van der Waals surface area contributed by atoms with E-state index in [2.05, 4.69) is 101 Å². The highest BCUT2D eigenvalue weighted by Crippen LogP contribution is 2.41. The van der Waals surface area contributed by atoms with Crippen LogP contribution >= 0.6 is 0 Å². The minimum absolute atomic E-state index is 0. The number of benzene rings is 2. The topological polar surface area (TPSA) is 29.0 Å². The molecule has 0 aliphatic rings. The summed E-state index contributed by atoms with van der Waals surface area (Å²) in [6.45, 7) is 12.9. The summed E-state index contributed by atoms with van der Waals surface area (Å²) in [5.74, 6) is 1.57. The van der Waals surface area contributed by atoms with Crippen molar-refractivity contribution in [3.05, 3.63) is 47.5 Å². The molecule has 0 fully saturated rings. The Morgan fingerprint density at radius 2 is 1.37 bits per heavy atom. The van der Waals surface area contributed by atoms with Gasteiger partial charge >= 0.3 is 0 Å². The van der Waals surface area contributed by atoms with E-state index in [1.807, 2.05) is 0 Å². The van der Waals surface area contributed by atoms with Crippen molar-refractivity contribution in [1.82, 2.24) is 4.57 Å². The maximum absolute atomic E-state index is 11.0. The lowest BCUT2D eigenvalue weighted by atomic mass is 9.78. The van der Waals surface area contributed by atoms with Gasteiger partial charge in [0.05, 0.1) is 19.7 Å². The number of phenolic OH excluding ortho intramolecular Hbond substituents is 1. The van der Waals surface area contributed by atoms with Gasteiger partial charge in [0.1, 0.15) is 5.75 Å². The van der Waals surface area contributed by atoms with Crippen molar-refractivity contribution in [2.45, 2.75) is 52.4 Å². The van der Waals surface area contributed by atoms with Crippen LogP contribution in [0, 0.1) is 0 Å². The van der Waals surface area contributed by atoms with Gasteiger partial charge in [-0.05, 0) is 35.1 Å². The molecular weight excluding hydrogens is 356 g/mol. The third kappa shape index (κ3) is 3.58. The third-order valence-electron chi connectivity index (χ3n) is 5.22. The van der Waals surface area contributed by atoms with Gasteiger partial charge in [0.2, 0.25) is 0 Å². The van der Waals surface area contributed by atoms with Crippen LogP contribution in [0.4, 0.5) is 0 Å². The molecule has 0 spiro atoms. The Labute approximate surface area is 169 Å². The number of aromatic hydroxyl groups is 1. The maximum Gasteiger partial charge on any atom is 0.289 e. The van der Waals surface area contributed by atoms with Crippen LogP contribution in [0.15, 0.2) is 36.4 Å². The van der Waals surface area contributed by atoms with Gasteiger partial charge in [-0.1, -0.05) is 53.7 Å². The van der Waals surface area contributed by atoms with Crippen LogP contribution in [0.3, 0.4) is 0 Å². The van der Waals surface area contributed by atoms with Gasteiger partial charge in [-0.2, -0.15) is 0 Å². The van der Waals surface area contributed by atoms with Gasteiger partial charge in [-0.25, -0.2) is 9.13 Å². The average Bonchev–Trinajstić information content (AvgIpc) is 2.78. The highest BCUT2D eigenvalue weighted by Gasteiger charge is 2.30. The number of rotatable bonds is 1. The summed E-state index contributed by atoms with van der Waals surface area (Å²) in [7, 11) is 4.22. The van der Waals surface area contributed by atoms with Crippen LogP contribution in [0.1, 0.15) is 52.7 Å². The van der Waals surface area contributed by atoms with E-state index in [0.717, 1.165) is 22.5 Å². The molecule has 1 N–H and O–H groups in total. The van der Waals surface area contributed by atoms with Crippen LogP contribution in [0.2, 0.25) is 0 Å². The van der Waals surface area contributed by atoms with E-state index in [1.165, 1.54) is 11.0 Å². The molecule has 0 unspecified atom stereocenters. The molecule has 0 saturated heterocycles. The zero-order valence-corrected chi connectivity index (χ0v) is 18.4. The van der Waals surface area contributed by atoms with E-state index in [9.17, 15) is 5.11 Å². The fourth-order valence-corrected chi connectivity index (χ4v) is 3.78. The molecule has 3 aromatic rings. The van der Waals surface area contributed by atoms with E-state index < -0.39 is 0 Å². The molecule has 2 aromatic carbocycles. The molecule has 27 heavy (non-hydrogen) atoms. The van der Waals surface area contributed by atoms with E-state index in [-0.39, 0.29) is 23.2 Å². The van der Waals surface area contributed by atoms with E-state index in [4.69, 9.17) is 0 Å². The molecule has 1 aromatic heterocycles. The smallest absolute Gasteiger partial charge is 0.289 e. The Morgan fingerprint density at radius 3 is 1.81 bits per heavy atom. The first-order chi connectivity index (χ1) is 11.9. The number of hydrogen-bond donors (Lipinski definition) is 1. The summed E-state index contributed by atoms with van der Waals surface area (Å²) in [6, 6.07) is 12.7. The molecule has 0 bridgehead atoms. The number of para-hydroxylation sites is 2. The van der Waals surface area contributed by atoms with Crippen LogP contribution in [-0.4, -0.2) is 9.67 Å². The summed E-state index contributed by atoms with van der Waals surface area (Å²) >= 11 is 0. The van der Waals surface area contributed by atoms with Gasteiger partial charge in [-0.3, -0.25) is 0 Å². The fraction of sp³-hybridized carbons (Fsp3) is 0.435. The first kappa shape index (κ1) is 21.3. The van der Waals surface area contributed by atoms with E-state index in [1.54, 1.807) is 0 Å². The highest BCUT2D eigenvalue weighted by atomic mass is 35.5. The molecule has 3 nitrogen and oxygen atoms in total. The fourth-order valence-electron chi connectivity index (χ4n) is 3.78. The van der Waals surface area contributed by atoms with E-state index in [0.29, 0.717) is 5.75 Å². The SMILES string of the molecule is Cn1c(-c2cc(C(C)(C)C)c(O)c(C(C)(C)C)c2)[n+](C)c2ccccc21.[Cl-]. The number of aryl methyl sites for hydroxylation is 2. The second-order valence-corrected chi connectivity index (χ2v) is 9.35. The molecule has 4 heteroatoms. The predicted molar refractivity (Wildman–Crippen MR) is 109 cm³/mol. The van der Waals surface area contributed by atoms with E-state index >= 15 is 0 Å². The highest BCUT2D eigenvalue weighted by molar-refractivity contribution is 5.76. The second kappa shape index (κ2) is 6.87. The number of aromatic nitrogens is 2. The Bertz CT molecular complexity index is 914. The lowest BCUT2D eigenvalue weighted by Crippen LogP contribution is -3.00. The monoisotopic (exact) mass is 386 g/mol. The van der Waals surface area contributed by atoms with Gasteiger partial charge < -0.3 is 17.5 Å². The van der Waals surface area contributed by atoms with Crippen molar-refractivity contribution in [2.24, 2.45) is 14.1 Å². The molecule has 0 radical (unpaired) electrons. The predicted octanol–water partition coefficient (Wildman–Crippen LogP) is 1.97. The first-order valence-electron chi connectivity index (χ1n) is 9.24. The Balaban J connectivity index is 0.00000261. The van der Waals surface area contributed by atoms with Gasteiger partial charge in [0.15, 0.2) is 11.0 Å². The lowest BCUT2D eigenvalue weighted by molar-refractivity contribution is -0.634. The van der Waals surface area contributed by atoms with Crippen molar-refractivity contribution in [2.75, 3.05) is 0 Å². The average molecular weight is 387 g/mol. The standard InChI is InChI=1S/C23H30N2O.ClH/c1-22(2,3)16-13-15(14-17(20(16)26)23(4,5)6)21-24(7)18-11-9-10-12-19(18)25(21)8;/h9-14H,1-8H3;1H.